The molecule has 6 heteroatoms. The van der Waals surface area contributed by atoms with Crippen molar-refractivity contribution >= 4 is 6.03 Å². The second-order valence-corrected chi connectivity index (χ2v) is 4.11. The Bertz CT molecular complexity index is 331. The number of aromatic nitrogens is 4. The molecule has 0 radical (unpaired) electrons. The Balaban J connectivity index is 2.06. The lowest BCUT2D eigenvalue weighted by Crippen LogP contribution is -2.43. The number of amides is 1. The van der Waals surface area contributed by atoms with Crippen LogP contribution in [0, 0.1) is 0 Å². The number of rotatable bonds is 2. The van der Waals surface area contributed by atoms with Crippen molar-refractivity contribution in [3.63, 3.8) is 0 Å². The highest BCUT2D eigenvalue weighted by Crippen LogP contribution is 2.22. The molecule has 1 aliphatic carbocycles. The molecule has 1 fully saturated rings. The van der Waals surface area contributed by atoms with E-state index in [0.717, 1.165) is 12.8 Å². The predicted molar refractivity (Wildman–Crippen MR) is 57.9 cm³/mol. The van der Waals surface area contributed by atoms with Crippen molar-refractivity contribution in [1.29, 1.82) is 0 Å². The van der Waals surface area contributed by atoms with E-state index < -0.39 is 0 Å². The van der Waals surface area contributed by atoms with Crippen molar-refractivity contribution in [2.75, 3.05) is 6.54 Å². The largest absolute Gasteiger partial charge is 0.347 e. The second kappa shape index (κ2) is 5.05. The number of tetrazole rings is 1. The first-order valence-corrected chi connectivity index (χ1v) is 5.87. The van der Waals surface area contributed by atoms with Gasteiger partial charge in [-0.1, -0.05) is 19.3 Å². The molecule has 6 nitrogen and oxygen atoms in total. The summed E-state index contributed by atoms with van der Waals surface area (Å²) in [4.78, 5) is 14.0. The maximum atomic E-state index is 12.1. The van der Waals surface area contributed by atoms with Gasteiger partial charge in [-0.3, -0.25) is 0 Å². The van der Waals surface area contributed by atoms with Crippen LogP contribution in [-0.4, -0.2) is 43.7 Å². The van der Waals surface area contributed by atoms with Gasteiger partial charge < -0.3 is 4.90 Å². The van der Waals surface area contributed by atoms with Crippen LogP contribution < -0.4 is 0 Å². The lowest BCUT2D eigenvalue weighted by Gasteiger charge is -2.32. The number of carbonyl (C=O) groups excluding carboxylic acids is 1. The third-order valence-corrected chi connectivity index (χ3v) is 3.15. The zero-order valence-corrected chi connectivity index (χ0v) is 9.54. The minimum atomic E-state index is -0.112. The summed E-state index contributed by atoms with van der Waals surface area (Å²) in [5.74, 6) is 0. The first-order valence-electron chi connectivity index (χ1n) is 5.87. The Labute approximate surface area is 94.6 Å². The molecule has 0 unspecified atom stereocenters. The van der Waals surface area contributed by atoms with E-state index >= 15 is 0 Å². The van der Waals surface area contributed by atoms with Crippen LogP contribution in [0.2, 0.25) is 0 Å². The SMILES string of the molecule is CCN(C(=O)n1cnnn1)C1CCCCC1. The molecule has 16 heavy (non-hydrogen) atoms. The van der Waals surface area contributed by atoms with Crippen LogP contribution in [0.15, 0.2) is 6.33 Å². The Kier molecular flexibility index (Phi) is 3.48. The van der Waals surface area contributed by atoms with Gasteiger partial charge in [0.25, 0.3) is 0 Å². The average molecular weight is 223 g/mol. The van der Waals surface area contributed by atoms with Gasteiger partial charge in [-0.2, -0.15) is 0 Å². The molecule has 1 aromatic rings. The molecule has 88 valence electrons. The molecule has 0 atom stereocenters. The number of hydrogen-bond donors (Lipinski definition) is 0. The summed E-state index contributed by atoms with van der Waals surface area (Å²) in [6.45, 7) is 2.71. The zero-order valence-electron chi connectivity index (χ0n) is 9.54. The minimum absolute atomic E-state index is 0.112. The van der Waals surface area contributed by atoms with E-state index in [-0.39, 0.29) is 6.03 Å². The van der Waals surface area contributed by atoms with Crippen LogP contribution in [-0.2, 0) is 0 Å². The molecule has 0 N–H and O–H groups in total. The van der Waals surface area contributed by atoms with E-state index in [4.69, 9.17) is 0 Å². The fraction of sp³-hybridized carbons (Fsp3) is 0.800. The van der Waals surface area contributed by atoms with E-state index in [2.05, 4.69) is 15.5 Å². The van der Waals surface area contributed by atoms with Gasteiger partial charge in [-0.15, -0.1) is 9.78 Å². The fourth-order valence-corrected chi connectivity index (χ4v) is 2.32. The summed E-state index contributed by atoms with van der Waals surface area (Å²) in [7, 11) is 0. The Morgan fingerprint density at radius 1 is 1.44 bits per heavy atom. The van der Waals surface area contributed by atoms with Crippen LogP contribution in [0.25, 0.3) is 0 Å². The molecule has 1 heterocycles. The van der Waals surface area contributed by atoms with E-state index in [0.29, 0.717) is 12.6 Å². The van der Waals surface area contributed by atoms with Gasteiger partial charge in [0.15, 0.2) is 0 Å². The first-order chi connectivity index (χ1) is 7.83. The fourth-order valence-electron chi connectivity index (χ4n) is 2.32. The summed E-state index contributed by atoms with van der Waals surface area (Å²) in [6, 6.07) is 0.245. The third kappa shape index (κ3) is 2.20. The van der Waals surface area contributed by atoms with Crippen LogP contribution in [0.4, 0.5) is 4.79 Å². The molecule has 1 aliphatic rings. The number of nitrogens with zero attached hydrogens (tertiary/aromatic N) is 5. The molecular weight excluding hydrogens is 206 g/mol. The van der Waals surface area contributed by atoms with Gasteiger partial charge >= 0.3 is 6.03 Å². The highest BCUT2D eigenvalue weighted by molar-refractivity contribution is 5.75. The van der Waals surface area contributed by atoms with Crippen molar-refractivity contribution in [3.05, 3.63) is 6.33 Å². The monoisotopic (exact) mass is 223 g/mol. The zero-order chi connectivity index (χ0) is 11.4. The van der Waals surface area contributed by atoms with Crippen molar-refractivity contribution < 1.29 is 4.79 Å². The van der Waals surface area contributed by atoms with Gasteiger partial charge in [0.1, 0.15) is 6.33 Å². The maximum Gasteiger partial charge on any atom is 0.347 e. The van der Waals surface area contributed by atoms with Gasteiger partial charge in [0.2, 0.25) is 0 Å². The van der Waals surface area contributed by atoms with Crippen molar-refractivity contribution in [2.24, 2.45) is 0 Å². The topological polar surface area (TPSA) is 63.9 Å². The van der Waals surface area contributed by atoms with Crippen LogP contribution >= 0.6 is 0 Å². The molecule has 2 rings (SSSR count). The maximum absolute atomic E-state index is 12.1. The van der Waals surface area contributed by atoms with Crippen molar-refractivity contribution in [2.45, 2.75) is 45.1 Å². The number of carbonyl (C=O) groups is 1. The Morgan fingerprint density at radius 3 is 2.75 bits per heavy atom. The van der Waals surface area contributed by atoms with E-state index in [1.807, 2.05) is 11.8 Å². The van der Waals surface area contributed by atoms with Crippen molar-refractivity contribution in [3.8, 4) is 0 Å². The molecule has 0 saturated heterocycles. The summed E-state index contributed by atoms with van der Waals surface area (Å²) in [5, 5.41) is 10.6. The van der Waals surface area contributed by atoms with Crippen molar-refractivity contribution in [1.82, 2.24) is 25.1 Å². The van der Waals surface area contributed by atoms with Gasteiger partial charge in [-0.25, -0.2) is 4.79 Å². The molecule has 0 aliphatic heterocycles. The molecule has 0 spiro atoms. The van der Waals surface area contributed by atoms with Gasteiger partial charge in [0, 0.05) is 12.6 Å². The second-order valence-electron chi connectivity index (χ2n) is 4.11. The quantitative estimate of drug-likeness (QED) is 0.709. The highest BCUT2D eigenvalue weighted by atomic mass is 16.2. The van der Waals surface area contributed by atoms with E-state index in [1.54, 1.807) is 0 Å². The lowest BCUT2D eigenvalue weighted by molar-refractivity contribution is 0.158. The Morgan fingerprint density at radius 2 is 2.19 bits per heavy atom. The van der Waals surface area contributed by atoms with Crippen LogP contribution in [0.1, 0.15) is 39.0 Å². The summed E-state index contributed by atoms with van der Waals surface area (Å²) in [6.07, 6.45) is 7.26. The minimum Gasteiger partial charge on any atom is -0.320 e. The third-order valence-electron chi connectivity index (χ3n) is 3.15. The Hall–Kier alpha value is -1.46. The molecule has 1 saturated carbocycles. The molecule has 1 aromatic heterocycles. The molecule has 0 bridgehead atoms. The summed E-state index contributed by atoms with van der Waals surface area (Å²) >= 11 is 0. The summed E-state index contributed by atoms with van der Waals surface area (Å²) < 4.78 is 1.21. The molecular formula is C10H17N5O. The smallest absolute Gasteiger partial charge is 0.320 e. The molecule has 1 amide bonds. The van der Waals surface area contributed by atoms with Crippen LogP contribution in [0.3, 0.4) is 0 Å². The normalized spacial score (nSPS) is 17.3. The first kappa shape index (κ1) is 11.0. The lowest BCUT2D eigenvalue weighted by atomic mass is 9.94. The summed E-state index contributed by atoms with van der Waals surface area (Å²) in [5.41, 5.74) is 0. The van der Waals surface area contributed by atoms with E-state index in [9.17, 15) is 4.79 Å². The van der Waals surface area contributed by atoms with Gasteiger partial charge in [-0.05, 0) is 30.2 Å². The standard InChI is InChI=1S/C10H17N5O/c1-2-14(9-6-4-3-5-7-9)10(16)15-8-11-12-13-15/h8-9H,2-7H2,1H3. The highest BCUT2D eigenvalue weighted by Gasteiger charge is 2.25. The van der Waals surface area contributed by atoms with Gasteiger partial charge in [0.05, 0.1) is 0 Å². The number of hydrogen-bond acceptors (Lipinski definition) is 4. The van der Waals surface area contributed by atoms with Crippen LogP contribution in [0.5, 0.6) is 0 Å². The molecule has 0 aromatic carbocycles. The predicted octanol–water partition coefficient (Wildman–Crippen LogP) is 1.30. The van der Waals surface area contributed by atoms with E-state index in [1.165, 1.54) is 30.3 Å². The average Bonchev–Trinajstić information content (AvgIpc) is 2.85.